The molecule has 0 unspecified atom stereocenters. The number of amides is 1. The summed E-state index contributed by atoms with van der Waals surface area (Å²) in [6, 6.07) is 5.36. The first-order valence-corrected chi connectivity index (χ1v) is 4.17. The fourth-order valence-electron chi connectivity index (χ4n) is 1.29. The molecule has 74 valence electrons. The lowest BCUT2D eigenvalue weighted by Gasteiger charge is -2.01. The van der Waals surface area contributed by atoms with Crippen molar-refractivity contribution >= 4 is 5.91 Å². The van der Waals surface area contributed by atoms with E-state index in [0.717, 1.165) is 5.56 Å². The molecule has 0 spiro atoms. The lowest BCUT2D eigenvalue weighted by atomic mass is 10.1. The lowest BCUT2D eigenvalue weighted by Crippen LogP contribution is -2.31. The van der Waals surface area contributed by atoms with Crippen molar-refractivity contribution in [2.24, 2.45) is 5.84 Å². The summed E-state index contributed by atoms with van der Waals surface area (Å²) in [6.07, 6.45) is 0.243. The molecule has 1 amide bonds. The van der Waals surface area contributed by atoms with Gasteiger partial charge in [0.05, 0.1) is 6.42 Å². The molecular formula is C9H10N2O3. The predicted octanol–water partition coefficient (Wildman–Crippen LogP) is -0.0523. The average Bonchev–Trinajstić information content (AvgIpc) is 2.64. The van der Waals surface area contributed by atoms with Crippen molar-refractivity contribution in [2.75, 3.05) is 6.79 Å². The Hall–Kier alpha value is -1.75. The molecule has 14 heavy (non-hydrogen) atoms. The van der Waals surface area contributed by atoms with Crippen molar-refractivity contribution < 1.29 is 14.3 Å². The van der Waals surface area contributed by atoms with Crippen LogP contribution in [-0.4, -0.2) is 12.7 Å². The van der Waals surface area contributed by atoms with Gasteiger partial charge in [-0.3, -0.25) is 10.2 Å². The molecule has 1 aromatic rings. The Balaban J connectivity index is 2.16. The molecule has 0 saturated carbocycles. The Bertz CT molecular complexity index is 365. The number of rotatable bonds is 2. The van der Waals surface area contributed by atoms with Crippen molar-refractivity contribution in [3.63, 3.8) is 0 Å². The minimum atomic E-state index is -0.233. The number of hydrazine groups is 1. The number of nitrogens with two attached hydrogens (primary N) is 1. The topological polar surface area (TPSA) is 73.6 Å². The van der Waals surface area contributed by atoms with Crippen LogP contribution < -0.4 is 20.7 Å². The molecule has 1 heterocycles. The van der Waals surface area contributed by atoms with E-state index in [0.29, 0.717) is 11.5 Å². The van der Waals surface area contributed by atoms with E-state index in [9.17, 15) is 4.79 Å². The van der Waals surface area contributed by atoms with Crippen LogP contribution in [0.15, 0.2) is 18.2 Å². The Morgan fingerprint density at radius 1 is 1.43 bits per heavy atom. The van der Waals surface area contributed by atoms with Crippen molar-refractivity contribution in [3.05, 3.63) is 23.8 Å². The van der Waals surface area contributed by atoms with E-state index in [1.165, 1.54) is 0 Å². The van der Waals surface area contributed by atoms with Crippen molar-refractivity contribution in [1.82, 2.24) is 5.43 Å². The second kappa shape index (κ2) is 3.55. The van der Waals surface area contributed by atoms with Crippen molar-refractivity contribution in [3.8, 4) is 11.5 Å². The van der Waals surface area contributed by atoms with Gasteiger partial charge in [0.25, 0.3) is 0 Å². The van der Waals surface area contributed by atoms with Crippen LogP contribution in [0.2, 0.25) is 0 Å². The predicted molar refractivity (Wildman–Crippen MR) is 48.6 cm³/mol. The van der Waals surface area contributed by atoms with Gasteiger partial charge in [0.2, 0.25) is 12.7 Å². The summed E-state index contributed by atoms with van der Waals surface area (Å²) in [5, 5.41) is 0. The first-order valence-electron chi connectivity index (χ1n) is 4.17. The van der Waals surface area contributed by atoms with Crippen LogP contribution in [-0.2, 0) is 11.2 Å². The maximum Gasteiger partial charge on any atom is 0.238 e. The second-order valence-corrected chi connectivity index (χ2v) is 2.93. The van der Waals surface area contributed by atoms with E-state index in [1.54, 1.807) is 12.1 Å². The molecule has 5 nitrogen and oxygen atoms in total. The molecule has 0 bridgehead atoms. The summed E-state index contributed by atoms with van der Waals surface area (Å²) in [5.41, 5.74) is 2.91. The van der Waals surface area contributed by atoms with E-state index < -0.39 is 0 Å². The molecule has 0 radical (unpaired) electrons. The summed E-state index contributed by atoms with van der Waals surface area (Å²) in [7, 11) is 0. The summed E-state index contributed by atoms with van der Waals surface area (Å²) < 4.78 is 10.3. The first kappa shape index (κ1) is 8.83. The molecule has 0 saturated heterocycles. The number of nitrogens with one attached hydrogen (secondary N) is 1. The molecule has 2 rings (SSSR count). The quantitative estimate of drug-likeness (QED) is 0.393. The van der Waals surface area contributed by atoms with Gasteiger partial charge in [-0.2, -0.15) is 0 Å². The zero-order valence-corrected chi connectivity index (χ0v) is 7.45. The number of ether oxygens (including phenoxy) is 2. The van der Waals surface area contributed by atoms with Gasteiger partial charge in [-0.1, -0.05) is 6.07 Å². The van der Waals surface area contributed by atoms with Crippen LogP contribution in [0.1, 0.15) is 5.56 Å². The molecule has 5 heteroatoms. The van der Waals surface area contributed by atoms with Crippen LogP contribution in [0.3, 0.4) is 0 Å². The Kier molecular flexibility index (Phi) is 2.24. The summed E-state index contributed by atoms with van der Waals surface area (Å²) in [6.45, 7) is 0.238. The minimum Gasteiger partial charge on any atom is -0.454 e. The largest absolute Gasteiger partial charge is 0.454 e. The minimum absolute atomic E-state index is 0.233. The first-order chi connectivity index (χ1) is 6.79. The van der Waals surface area contributed by atoms with E-state index >= 15 is 0 Å². The average molecular weight is 194 g/mol. The second-order valence-electron chi connectivity index (χ2n) is 2.93. The van der Waals surface area contributed by atoms with Gasteiger partial charge in [-0.25, -0.2) is 5.84 Å². The van der Waals surface area contributed by atoms with Gasteiger partial charge in [0.15, 0.2) is 11.5 Å². The van der Waals surface area contributed by atoms with Gasteiger partial charge in [0, 0.05) is 0 Å². The Morgan fingerprint density at radius 2 is 2.21 bits per heavy atom. The molecular weight excluding hydrogens is 184 g/mol. The number of carbonyl (C=O) groups is 1. The van der Waals surface area contributed by atoms with Crippen LogP contribution in [0, 0.1) is 0 Å². The van der Waals surface area contributed by atoms with Crippen LogP contribution >= 0.6 is 0 Å². The SMILES string of the molecule is NNC(=O)Cc1ccc2c(c1)OCO2. The normalized spacial score (nSPS) is 12.6. The third kappa shape index (κ3) is 1.62. The molecule has 1 aliphatic heterocycles. The molecule has 1 aliphatic rings. The number of hydrogen-bond acceptors (Lipinski definition) is 4. The molecule has 0 aromatic heterocycles. The van der Waals surface area contributed by atoms with Crippen LogP contribution in [0.25, 0.3) is 0 Å². The summed E-state index contributed by atoms with van der Waals surface area (Å²) in [4.78, 5) is 11.0. The summed E-state index contributed by atoms with van der Waals surface area (Å²) in [5.74, 6) is 6.13. The monoisotopic (exact) mass is 194 g/mol. The van der Waals surface area contributed by atoms with E-state index in [1.807, 2.05) is 6.07 Å². The van der Waals surface area contributed by atoms with Crippen LogP contribution in [0.5, 0.6) is 11.5 Å². The lowest BCUT2D eigenvalue weighted by molar-refractivity contribution is -0.120. The van der Waals surface area contributed by atoms with E-state index in [4.69, 9.17) is 15.3 Å². The zero-order chi connectivity index (χ0) is 9.97. The Labute approximate surface area is 80.8 Å². The zero-order valence-electron chi connectivity index (χ0n) is 7.45. The van der Waals surface area contributed by atoms with Crippen LogP contribution in [0.4, 0.5) is 0 Å². The highest BCUT2D eigenvalue weighted by Crippen LogP contribution is 2.32. The van der Waals surface area contributed by atoms with Crippen molar-refractivity contribution in [2.45, 2.75) is 6.42 Å². The third-order valence-electron chi connectivity index (χ3n) is 1.96. The summed E-state index contributed by atoms with van der Waals surface area (Å²) >= 11 is 0. The Morgan fingerprint density at radius 3 is 3.00 bits per heavy atom. The van der Waals surface area contributed by atoms with Gasteiger partial charge >= 0.3 is 0 Å². The highest BCUT2D eigenvalue weighted by Gasteiger charge is 2.13. The number of benzene rings is 1. The maximum atomic E-state index is 11.0. The molecule has 0 atom stereocenters. The molecule has 1 aromatic carbocycles. The molecule has 0 aliphatic carbocycles. The standard InChI is InChI=1S/C9H10N2O3/c10-11-9(12)4-6-1-2-7-8(3-6)14-5-13-7/h1-3H,4-5,10H2,(H,11,12). The van der Waals surface area contributed by atoms with E-state index in [-0.39, 0.29) is 19.1 Å². The number of carbonyl (C=O) groups excluding carboxylic acids is 1. The number of fused-ring (bicyclic) bond motifs is 1. The number of hydrogen-bond donors (Lipinski definition) is 2. The highest BCUT2D eigenvalue weighted by atomic mass is 16.7. The van der Waals surface area contributed by atoms with Gasteiger partial charge in [0.1, 0.15) is 0 Å². The maximum absolute atomic E-state index is 11.0. The highest BCUT2D eigenvalue weighted by molar-refractivity contribution is 5.78. The van der Waals surface area contributed by atoms with Gasteiger partial charge < -0.3 is 9.47 Å². The fraction of sp³-hybridized carbons (Fsp3) is 0.222. The third-order valence-corrected chi connectivity index (χ3v) is 1.96. The van der Waals surface area contributed by atoms with E-state index in [2.05, 4.69) is 5.43 Å². The molecule has 0 fully saturated rings. The van der Waals surface area contributed by atoms with Crippen molar-refractivity contribution in [1.29, 1.82) is 0 Å². The molecule has 3 N–H and O–H groups in total. The van der Waals surface area contributed by atoms with Gasteiger partial charge in [-0.15, -0.1) is 0 Å². The van der Waals surface area contributed by atoms with Gasteiger partial charge in [-0.05, 0) is 17.7 Å². The smallest absolute Gasteiger partial charge is 0.238 e. The fourth-order valence-corrected chi connectivity index (χ4v) is 1.29.